The Labute approximate surface area is 112 Å². The van der Waals surface area contributed by atoms with Gasteiger partial charge in [-0.05, 0) is 24.6 Å². The van der Waals surface area contributed by atoms with E-state index in [1.165, 1.54) is 0 Å². The van der Waals surface area contributed by atoms with Crippen LogP contribution in [0.25, 0.3) is 0 Å². The normalized spacial score (nSPS) is 19.9. The van der Waals surface area contributed by atoms with Gasteiger partial charge >= 0.3 is 0 Å². The maximum atomic E-state index is 12.5. The van der Waals surface area contributed by atoms with Crippen molar-refractivity contribution in [1.82, 2.24) is 0 Å². The van der Waals surface area contributed by atoms with E-state index in [-0.39, 0.29) is 11.8 Å². The number of hydrogen-bond donors (Lipinski definition) is 1. The standard InChI is InChI=1S/C17H15NO/c1-2-13-16(12-8-4-3-5-9-12)18-15-11-7-6-10-14(15)17(13)19/h2-11,16,18H,1H3/b13-2+. The molecule has 1 heterocycles. The van der Waals surface area contributed by atoms with Crippen molar-refractivity contribution in [1.29, 1.82) is 0 Å². The summed E-state index contributed by atoms with van der Waals surface area (Å²) >= 11 is 0. The van der Waals surface area contributed by atoms with Crippen molar-refractivity contribution in [2.24, 2.45) is 0 Å². The SMILES string of the molecule is C/C=C1/C(=O)c2ccccc2NC1c1ccccc1. The van der Waals surface area contributed by atoms with Crippen LogP contribution in [-0.2, 0) is 0 Å². The molecule has 1 unspecified atom stereocenters. The lowest BCUT2D eigenvalue weighted by molar-refractivity contribution is 0.102. The number of para-hydroxylation sites is 1. The molecule has 0 aromatic heterocycles. The van der Waals surface area contributed by atoms with Crippen molar-refractivity contribution in [2.75, 3.05) is 5.32 Å². The maximum Gasteiger partial charge on any atom is 0.193 e. The summed E-state index contributed by atoms with van der Waals surface area (Å²) in [5.74, 6) is 0.116. The molecule has 2 aromatic rings. The average Bonchev–Trinajstić information content (AvgIpc) is 2.48. The molecule has 1 aliphatic rings. The largest absolute Gasteiger partial charge is 0.373 e. The van der Waals surface area contributed by atoms with Crippen LogP contribution in [0, 0.1) is 0 Å². The lowest BCUT2D eigenvalue weighted by Gasteiger charge is -2.29. The number of nitrogens with one attached hydrogen (secondary N) is 1. The van der Waals surface area contributed by atoms with Crippen LogP contribution in [0.3, 0.4) is 0 Å². The molecule has 0 fully saturated rings. The molecule has 0 saturated carbocycles. The number of Topliss-reactive ketones (excluding diaryl/α,β-unsaturated/α-hetero) is 1. The van der Waals surface area contributed by atoms with Crippen molar-refractivity contribution in [3.05, 3.63) is 77.4 Å². The molecule has 0 aliphatic carbocycles. The summed E-state index contributed by atoms with van der Waals surface area (Å²) in [5, 5.41) is 3.46. The number of fused-ring (bicyclic) bond motifs is 1. The zero-order chi connectivity index (χ0) is 13.2. The second-order valence-electron chi connectivity index (χ2n) is 4.61. The second-order valence-corrected chi connectivity index (χ2v) is 4.61. The van der Waals surface area contributed by atoms with E-state index in [0.717, 1.165) is 22.4 Å². The van der Waals surface area contributed by atoms with Gasteiger partial charge in [-0.25, -0.2) is 0 Å². The molecule has 2 aromatic carbocycles. The monoisotopic (exact) mass is 249 g/mol. The number of benzene rings is 2. The third kappa shape index (κ3) is 1.95. The molecule has 1 atom stereocenters. The number of allylic oxidation sites excluding steroid dienone is 1. The van der Waals surface area contributed by atoms with Crippen molar-refractivity contribution in [3.8, 4) is 0 Å². The van der Waals surface area contributed by atoms with Gasteiger partial charge in [0.05, 0.1) is 6.04 Å². The first-order chi connectivity index (χ1) is 9.31. The fourth-order valence-corrected chi connectivity index (χ4v) is 2.53. The third-order valence-corrected chi connectivity index (χ3v) is 3.49. The minimum atomic E-state index is -0.0615. The highest BCUT2D eigenvalue weighted by atomic mass is 16.1. The summed E-state index contributed by atoms with van der Waals surface area (Å²) in [6, 6.07) is 17.7. The first kappa shape index (κ1) is 11.7. The Hall–Kier alpha value is -2.35. The van der Waals surface area contributed by atoms with Crippen LogP contribution in [0.1, 0.15) is 28.9 Å². The van der Waals surface area contributed by atoms with Gasteiger partial charge in [0.1, 0.15) is 0 Å². The molecule has 94 valence electrons. The van der Waals surface area contributed by atoms with Gasteiger partial charge < -0.3 is 5.32 Å². The molecule has 3 rings (SSSR count). The van der Waals surface area contributed by atoms with E-state index in [0.29, 0.717) is 0 Å². The number of carbonyl (C=O) groups excluding carboxylic acids is 1. The first-order valence-electron chi connectivity index (χ1n) is 6.42. The van der Waals surface area contributed by atoms with E-state index in [1.54, 1.807) is 0 Å². The molecule has 2 heteroatoms. The van der Waals surface area contributed by atoms with Crippen LogP contribution in [0.4, 0.5) is 5.69 Å². The summed E-state index contributed by atoms with van der Waals surface area (Å²) in [4.78, 5) is 12.5. The Bertz CT molecular complexity index is 643. The van der Waals surface area contributed by atoms with Crippen LogP contribution < -0.4 is 5.32 Å². The zero-order valence-corrected chi connectivity index (χ0v) is 10.8. The van der Waals surface area contributed by atoms with Crippen LogP contribution in [0.15, 0.2) is 66.2 Å². The Balaban J connectivity index is 2.11. The highest BCUT2D eigenvalue weighted by Crippen LogP contribution is 2.35. The van der Waals surface area contributed by atoms with E-state index in [4.69, 9.17) is 0 Å². The number of rotatable bonds is 1. The predicted molar refractivity (Wildman–Crippen MR) is 77.3 cm³/mol. The smallest absolute Gasteiger partial charge is 0.193 e. The quantitative estimate of drug-likeness (QED) is 0.774. The van der Waals surface area contributed by atoms with E-state index in [2.05, 4.69) is 5.32 Å². The average molecular weight is 249 g/mol. The van der Waals surface area contributed by atoms with Crippen LogP contribution in [-0.4, -0.2) is 5.78 Å². The van der Waals surface area contributed by atoms with Crippen LogP contribution in [0.2, 0.25) is 0 Å². The van der Waals surface area contributed by atoms with E-state index in [1.807, 2.05) is 67.6 Å². The molecule has 19 heavy (non-hydrogen) atoms. The van der Waals surface area contributed by atoms with E-state index >= 15 is 0 Å². The van der Waals surface area contributed by atoms with Gasteiger partial charge in [0.2, 0.25) is 0 Å². The summed E-state index contributed by atoms with van der Waals surface area (Å²) in [6.07, 6.45) is 1.91. The molecule has 1 N–H and O–H groups in total. The topological polar surface area (TPSA) is 29.1 Å². The Morgan fingerprint density at radius 3 is 2.42 bits per heavy atom. The molecule has 0 saturated heterocycles. The van der Waals surface area contributed by atoms with Crippen LogP contribution >= 0.6 is 0 Å². The van der Waals surface area contributed by atoms with E-state index < -0.39 is 0 Å². The molecule has 0 bridgehead atoms. The predicted octanol–water partition coefficient (Wildman–Crippen LogP) is 3.98. The summed E-state index contributed by atoms with van der Waals surface area (Å²) in [6.45, 7) is 1.92. The van der Waals surface area contributed by atoms with Gasteiger partial charge in [0.25, 0.3) is 0 Å². The minimum Gasteiger partial charge on any atom is -0.373 e. The second kappa shape index (κ2) is 4.73. The van der Waals surface area contributed by atoms with Gasteiger partial charge in [-0.3, -0.25) is 4.79 Å². The van der Waals surface area contributed by atoms with E-state index in [9.17, 15) is 4.79 Å². The lowest BCUT2D eigenvalue weighted by Crippen LogP contribution is -2.25. The highest BCUT2D eigenvalue weighted by Gasteiger charge is 2.29. The summed E-state index contributed by atoms with van der Waals surface area (Å²) in [7, 11) is 0. The Kier molecular flexibility index (Phi) is 2.92. The van der Waals surface area contributed by atoms with Crippen molar-refractivity contribution >= 4 is 11.5 Å². The first-order valence-corrected chi connectivity index (χ1v) is 6.42. The summed E-state index contributed by atoms with van der Waals surface area (Å²) in [5.41, 5.74) is 3.58. The number of carbonyl (C=O) groups is 1. The Morgan fingerprint density at radius 2 is 1.68 bits per heavy atom. The van der Waals surface area contributed by atoms with Crippen molar-refractivity contribution in [2.45, 2.75) is 13.0 Å². The molecule has 0 amide bonds. The fraction of sp³-hybridized carbons (Fsp3) is 0.118. The molecule has 1 aliphatic heterocycles. The zero-order valence-electron chi connectivity index (χ0n) is 10.8. The fourth-order valence-electron chi connectivity index (χ4n) is 2.53. The van der Waals surface area contributed by atoms with Gasteiger partial charge in [-0.15, -0.1) is 0 Å². The molecule has 0 spiro atoms. The third-order valence-electron chi connectivity index (χ3n) is 3.49. The molecular formula is C17H15NO. The van der Waals surface area contributed by atoms with Crippen molar-refractivity contribution in [3.63, 3.8) is 0 Å². The lowest BCUT2D eigenvalue weighted by atomic mass is 9.87. The molecular weight excluding hydrogens is 234 g/mol. The van der Waals surface area contributed by atoms with Crippen LogP contribution in [0.5, 0.6) is 0 Å². The summed E-state index contributed by atoms with van der Waals surface area (Å²) < 4.78 is 0. The number of anilines is 1. The number of hydrogen-bond acceptors (Lipinski definition) is 2. The molecule has 0 radical (unpaired) electrons. The van der Waals surface area contributed by atoms with Gasteiger partial charge in [-0.2, -0.15) is 0 Å². The Morgan fingerprint density at radius 1 is 1.00 bits per heavy atom. The minimum absolute atomic E-state index is 0.0615. The van der Waals surface area contributed by atoms with Gasteiger partial charge in [-0.1, -0.05) is 48.5 Å². The van der Waals surface area contributed by atoms with Crippen molar-refractivity contribution < 1.29 is 4.79 Å². The maximum absolute atomic E-state index is 12.5. The molecule has 2 nitrogen and oxygen atoms in total. The van der Waals surface area contributed by atoms with Gasteiger partial charge in [0.15, 0.2) is 5.78 Å². The number of ketones is 1. The highest BCUT2D eigenvalue weighted by molar-refractivity contribution is 6.15. The van der Waals surface area contributed by atoms with Gasteiger partial charge in [0, 0.05) is 16.8 Å².